The van der Waals surface area contributed by atoms with E-state index >= 15 is 0 Å². The van der Waals surface area contributed by atoms with Crippen LogP contribution in [-0.4, -0.2) is 6.61 Å². The second-order valence-electron chi connectivity index (χ2n) is 2.84. The normalized spacial score (nSPS) is 9.29. The monoisotopic (exact) mass is 254 g/mol. The number of benzene rings is 1. The molecule has 0 saturated carbocycles. The van der Waals surface area contributed by atoms with Gasteiger partial charge in [0.1, 0.15) is 23.5 Å². The Balaban J connectivity index is 3.22. The van der Waals surface area contributed by atoms with Crippen LogP contribution in [-0.2, 0) is 0 Å². The third kappa shape index (κ3) is 3.75. The van der Waals surface area contributed by atoms with Gasteiger partial charge in [-0.25, -0.2) is 0 Å². The standard InChI is InChI=1S/C11H5ClF2N2O/c12-9-1-2-10(17-11(13)14)8(4-9)3-7(5-15)6-16/h1-4,11H. The van der Waals surface area contributed by atoms with Crippen LogP contribution in [0.2, 0.25) is 5.02 Å². The van der Waals surface area contributed by atoms with E-state index in [0.29, 0.717) is 0 Å². The molecule has 0 aliphatic rings. The van der Waals surface area contributed by atoms with Gasteiger partial charge < -0.3 is 4.74 Å². The summed E-state index contributed by atoms with van der Waals surface area (Å²) in [5.41, 5.74) is -0.0812. The molecular weight excluding hydrogens is 250 g/mol. The molecule has 0 bridgehead atoms. The van der Waals surface area contributed by atoms with Crippen molar-refractivity contribution in [2.24, 2.45) is 0 Å². The summed E-state index contributed by atoms with van der Waals surface area (Å²) >= 11 is 5.69. The van der Waals surface area contributed by atoms with Crippen molar-refractivity contribution < 1.29 is 13.5 Å². The van der Waals surface area contributed by atoms with Crippen LogP contribution in [0.3, 0.4) is 0 Å². The Morgan fingerprint density at radius 1 is 1.35 bits per heavy atom. The highest BCUT2D eigenvalue weighted by Crippen LogP contribution is 2.26. The Labute approximate surface area is 101 Å². The maximum atomic E-state index is 12.1. The molecule has 0 aromatic heterocycles. The summed E-state index contributed by atoms with van der Waals surface area (Å²) in [4.78, 5) is 0. The Kier molecular flexibility index (Phi) is 4.45. The van der Waals surface area contributed by atoms with Gasteiger partial charge in [-0.05, 0) is 24.3 Å². The second-order valence-corrected chi connectivity index (χ2v) is 3.28. The predicted octanol–water partition coefficient (Wildman–Crippen LogP) is 3.37. The van der Waals surface area contributed by atoms with Crippen molar-refractivity contribution in [3.8, 4) is 17.9 Å². The van der Waals surface area contributed by atoms with E-state index in [2.05, 4.69) is 4.74 Å². The first-order valence-corrected chi connectivity index (χ1v) is 4.71. The van der Waals surface area contributed by atoms with Crippen LogP contribution in [0.5, 0.6) is 5.75 Å². The molecule has 0 radical (unpaired) electrons. The van der Waals surface area contributed by atoms with Gasteiger partial charge in [-0.2, -0.15) is 19.3 Å². The molecule has 0 unspecified atom stereocenters. The quantitative estimate of drug-likeness (QED) is 0.777. The molecule has 0 amide bonds. The van der Waals surface area contributed by atoms with E-state index in [1.54, 1.807) is 12.1 Å². The van der Waals surface area contributed by atoms with Gasteiger partial charge in [0.2, 0.25) is 0 Å². The average molecular weight is 255 g/mol. The van der Waals surface area contributed by atoms with E-state index in [4.69, 9.17) is 22.1 Å². The van der Waals surface area contributed by atoms with Crippen molar-refractivity contribution in [2.45, 2.75) is 6.61 Å². The SMILES string of the molecule is N#CC(C#N)=Cc1cc(Cl)ccc1OC(F)F. The lowest BCUT2D eigenvalue weighted by atomic mass is 10.1. The van der Waals surface area contributed by atoms with E-state index in [9.17, 15) is 8.78 Å². The van der Waals surface area contributed by atoms with Gasteiger partial charge >= 0.3 is 6.61 Å². The number of nitriles is 2. The number of nitrogens with zero attached hydrogens (tertiary/aromatic N) is 2. The third-order valence-corrected chi connectivity index (χ3v) is 1.96. The van der Waals surface area contributed by atoms with Gasteiger partial charge in [0.25, 0.3) is 0 Å². The lowest BCUT2D eigenvalue weighted by Crippen LogP contribution is -2.03. The smallest absolute Gasteiger partial charge is 0.387 e. The fourth-order valence-corrected chi connectivity index (χ4v) is 1.26. The molecule has 0 atom stereocenters. The zero-order valence-corrected chi connectivity index (χ0v) is 9.08. The second kappa shape index (κ2) is 5.83. The van der Waals surface area contributed by atoms with Gasteiger partial charge in [0.05, 0.1) is 0 Å². The summed E-state index contributed by atoms with van der Waals surface area (Å²) in [5.74, 6) is -0.146. The third-order valence-electron chi connectivity index (χ3n) is 1.73. The molecule has 0 fully saturated rings. The molecule has 0 N–H and O–H groups in total. The maximum Gasteiger partial charge on any atom is 0.387 e. The summed E-state index contributed by atoms with van der Waals surface area (Å²) in [6.07, 6.45) is 1.13. The van der Waals surface area contributed by atoms with Gasteiger partial charge in [-0.15, -0.1) is 0 Å². The minimum absolute atomic E-state index is 0.146. The van der Waals surface area contributed by atoms with Crippen molar-refractivity contribution in [3.05, 3.63) is 34.4 Å². The molecular formula is C11H5ClF2N2O. The number of allylic oxidation sites excluding steroid dienone is 1. The number of alkyl halides is 2. The number of rotatable bonds is 3. The van der Waals surface area contributed by atoms with E-state index in [1.165, 1.54) is 18.2 Å². The first kappa shape index (κ1) is 13.0. The van der Waals surface area contributed by atoms with Crippen LogP contribution < -0.4 is 4.74 Å². The lowest BCUT2D eigenvalue weighted by molar-refractivity contribution is -0.0499. The van der Waals surface area contributed by atoms with E-state index < -0.39 is 6.61 Å². The zero-order valence-electron chi connectivity index (χ0n) is 8.32. The van der Waals surface area contributed by atoms with Gasteiger partial charge in [0, 0.05) is 10.6 Å². The van der Waals surface area contributed by atoms with Crippen LogP contribution in [0, 0.1) is 22.7 Å². The summed E-state index contributed by atoms with van der Waals surface area (Å²) in [6.45, 7) is -2.99. The summed E-state index contributed by atoms with van der Waals surface area (Å²) < 4.78 is 28.4. The highest BCUT2D eigenvalue weighted by atomic mass is 35.5. The largest absolute Gasteiger partial charge is 0.434 e. The van der Waals surface area contributed by atoms with Crippen molar-refractivity contribution in [3.63, 3.8) is 0 Å². The minimum Gasteiger partial charge on any atom is -0.434 e. The molecule has 1 aromatic carbocycles. The lowest BCUT2D eigenvalue weighted by Gasteiger charge is -2.08. The van der Waals surface area contributed by atoms with Crippen molar-refractivity contribution in [2.75, 3.05) is 0 Å². The van der Waals surface area contributed by atoms with E-state index in [1.807, 2.05) is 0 Å². The van der Waals surface area contributed by atoms with Crippen molar-refractivity contribution in [1.82, 2.24) is 0 Å². The minimum atomic E-state index is -2.99. The zero-order chi connectivity index (χ0) is 12.8. The number of halogens is 3. The van der Waals surface area contributed by atoms with Gasteiger partial charge in [-0.1, -0.05) is 11.6 Å². The molecule has 0 saturated heterocycles. The van der Waals surface area contributed by atoms with Gasteiger partial charge in [0.15, 0.2) is 0 Å². The van der Waals surface area contributed by atoms with Crippen LogP contribution in [0.25, 0.3) is 6.08 Å². The first-order valence-electron chi connectivity index (χ1n) is 4.33. The molecule has 86 valence electrons. The Bertz CT molecular complexity index is 513. The molecule has 1 rings (SSSR count). The van der Waals surface area contributed by atoms with Crippen molar-refractivity contribution in [1.29, 1.82) is 10.5 Å². The first-order chi connectivity index (χ1) is 8.06. The van der Waals surface area contributed by atoms with E-state index in [0.717, 1.165) is 6.08 Å². The fraction of sp³-hybridized carbons (Fsp3) is 0.0909. The topological polar surface area (TPSA) is 56.8 Å². The highest BCUT2D eigenvalue weighted by molar-refractivity contribution is 6.30. The highest BCUT2D eigenvalue weighted by Gasteiger charge is 2.09. The van der Waals surface area contributed by atoms with Crippen molar-refractivity contribution >= 4 is 17.7 Å². The van der Waals surface area contributed by atoms with Gasteiger partial charge in [-0.3, -0.25) is 0 Å². The Morgan fingerprint density at radius 2 is 2.00 bits per heavy atom. The number of hydrogen-bond donors (Lipinski definition) is 0. The maximum absolute atomic E-state index is 12.1. The number of hydrogen-bond acceptors (Lipinski definition) is 3. The molecule has 6 heteroatoms. The molecule has 0 aliphatic carbocycles. The Hall–Kier alpha value is -2.11. The molecule has 17 heavy (non-hydrogen) atoms. The van der Waals surface area contributed by atoms with E-state index in [-0.39, 0.29) is 21.9 Å². The summed E-state index contributed by atoms with van der Waals surface area (Å²) in [7, 11) is 0. The van der Waals surface area contributed by atoms with Crippen LogP contribution >= 0.6 is 11.6 Å². The predicted molar refractivity (Wildman–Crippen MR) is 57.3 cm³/mol. The Morgan fingerprint density at radius 3 is 2.53 bits per heavy atom. The average Bonchev–Trinajstić information content (AvgIpc) is 2.28. The van der Waals surface area contributed by atoms with Crippen LogP contribution in [0.4, 0.5) is 8.78 Å². The molecule has 0 aliphatic heterocycles. The fourth-order valence-electron chi connectivity index (χ4n) is 1.08. The summed E-state index contributed by atoms with van der Waals surface area (Å²) in [6, 6.07) is 7.17. The summed E-state index contributed by atoms with van der Waals surface area (Å²) in [5, 5.41) is 17.4. The molecule has 0 spiro atoms. The number of ether oxygens (including phenoxy) is 1. The molecule has 0 heterocycles. The molecule has 3 nitrogen and oxygen atoms in total. The van der Waals surface area contributed by atoms with Crippen LogP contribution in [0.15, 0.2) is 23.8 Å². The van der Waals surface area contributed by atoms with Crippen LogP contribution in [0.1, 0.15) is 5.56 Å². The molecule has 1 aromatic rings.